The minimum absolute atomic E-state index is 0.0585. The Hall–Kier alpha value is -2.81. The number of nitrogens with zero attached hydrogens (tertiary/aromatic N) is 4. The standard InChI is InChI=1S/C19H19F2N5OS/c1-12(2)10-26-18(13-5-4-8-22-9-13)24-25-19(26)28-11-16(27)23-17-14(20)6-3-7-15(17)21/h3-9,12H,10-11H2,1-2H3,(H,23,27). The summed E-state index contributed by atoms with van der Waals surface area (Å²) in [6.45, 7) is 4.79. The van der Waals surface area contributed by atoms with Crippen LogP contribution in [-0.2, 0) is 11.3 Å². The van der Waals surface area contributed by atoms with E-state index in [1.807, 2.05) is 16.7 Å². The molecule has 0 saturated heterocycles. The van der Waals surface area contributed by atoms with Crippen molar-refractivity contribution in [2.75, 3.05) is 11.1 Å². The lowest BCUT2D eigenvalue weighted by Crippen LogP contribution is -2.17. The number of para-hydroxylation sites is 1. The average molecular weight is 403 g/mol. The maximum absolute atomic E-state index is 13.7. The molecule has 0 spiro atoms. The Kier molecular flexibility index (Phi) is 6.35. The fourth-order valence-electron chi connectivity index (χ4n) is 2.56. The van der Waals surface area contributed by atoms with Crippen molar-refractivity contribution < 1.29 is 13.6 Å². The maximum atomic E-state index is 13.7. The zero-order chi connectivity index (χ0) is 20.1. The zero-order valence-electron chi connectivity index (χ0n) is 15.4. The van der Waals surface area contributed by atoms with Gasteiger partial charge >= 0.3 is 0 Å². The Labute approximate surface area is 165 Å². The average Bonchev–Trinajstić information content (AvgIpc) is 3.06. The molecule has 3 rings (SSSR count). The number of hydrogen-bond acceptors (Lipinski definition) is 5. The van der Waals surface area contributed by atoms with E-state index in [2.05, 4.69) is 34.3 Å². The molecule has 0 aliphatic carbocycles. The van der Waals surface area contributed by atoms with E-state index in [-0.39, 0.29) is 5.75 Å². The van der Waals surface area contributed by atoms with Crippen molar-refractivity contribution in [1.82, 2.24) is 19.7 Å². The molecular weight excluding hydrogens is 384 g/mol. The molecule has 0 bridgehead atoms. The number of benzene rings is 1. The van der Waals surface area contributed by atoms with Gasteiger partial charge in [-0.15, -0.1) is 10.2 Å². The molecule has 146 valence electrons. The van der Waals surface area contributed by atoms with Crippen LogP contribution in [0.4, 0.5) is 14.5 Å². The molecule has 0 fully saturated rings. The van der Waals surface area contributed by atoms with Crippen molar-refractivity contribution in [3.63, 3.8) is 0 Å². The largest absolute Gasteiger partial charge is 0.320 e. The van der Waals surface area contributed by atoms with Crippen molar-refractivity contribution in [1.29, 1.82) is 0 Å². The van der Waals surface area contributed by atoms with E-state index < -0.39 is 23.2 Å². The Morgan fingerprint density at radius 2 is 1.93 bits per heavy atom. The van der Waals surface area contributed by atoms with Crippen molar-refractivity contribution in [2.45, 2.75) is 25.5 Å². The lowest BCUT2D eigenvalue weighted by Gasteiger charge is -2.12. The summed E-state index contributed by atoms with van der Waals surface area (Å²) in [4.78, 5) is 16.3. The van der Waals surface area contributed by atoms with Crippen molar-refractivity contribution in [2.24, 2.45) is 5.92 Å². The second kappa shape index (κ2) is 8.92. The van der Waals surface area contributed by atoms with E-state index in [4.69, 9.17) is 0 Å². The molecule has 2 heterocycles. The molecule has 28 heavy (non-hydrogen) atoms. The Balaban J connectivity index is 1.75. The molecule has 0 atom stereocenters. The highest BCUT2D eigenvalue weighted by Gasteiger charge is 2.18. The number of hydrogen-bond donors (Lipinski definition) is 1. The molecule has 1 aromatic carbocycles. The summed E-state index contributed by atoms with van der Waals surface area (Å²) in [5.41, 5.74) is 0.369. The number of pyridine rings is 1. The molecule has 6 nitrogen and oxygen atoms in total. The Morgan fingerprint density at radius 1 is 1.18 bits per heavy atom. The summed E-state index contributed by atoms with van der Waals surface area (Å²) in [7, 11) is 0. The third-order valence-electron chi connectivity index (χ3n) is 3.74. The van der Waals surface area contributed by atoms with E-state index in [1.165, 1.54) is 6.07 Å². The lowest BCUT2D eigenvalue weighted by molar-refractivity contribution is -0.113. The Morgan fingerprint density at radius 3 is 2.57 bits per heavy atom. The second-order valence-corrected chi connectivity index (χ2v) is 7.43. The van der Waals surface area contributed by atoms with Crippen molar-refractivity contribution >= 4 is 23.4 Å². The molecule has 0 unspecified atom stereocenters. The van der Waals surface area contributed by atoms with Crippen LogP contribution in [-0.4, -0.2) is 31.4 Å². The van der Waals surface area contributed by atoms with Gasteiger partial charge in [0, 0.05) is 24.5 Å². The number of carbonyl (C=O) groups excluding carboxylic acids is 1. The summed E-state index contributed by atoms with van der Waals surface area (Å²) in [5, 5.41) is 11.2. The van der Waals surface area contributed by atoms with Gasteiger partial charge in [0.25, 0.3) is 0 Å². The van der Waals surface area contributed by atoms with Gasteiger partial charge in [-0.05, 0) is 30.2 Å². The van der Waals surface area contributed by atoms with Gasteiger partial charge < -0.3 is 9.88 Å². The molecule has 0 radical (unpaired) electrons. The monoisotopic (exact) mass is 403 g/mol. The number of amides is 1. The number of rotatable bonds is 7. The predicted octanol–water partition coefficient (Wildman–Crippen LogP) is 4.01. The SMILES string of the molecule is CC(C)Cn1c(SCC(=O)Nc2c(F)cccc2F)nnc1-c1cccnc1. The molecule has 0 aliphatic heterocycles. The van der Waals surface area contributed by atoms with E-state index in [1.54, 1.807) is 12.4 Å². The van der Waals surface area contributed by atoms with Crippen LogP contribution in [0.5, 0.6) is 0 Å². The fourth-order valence-corrected chi connectivity index (χ4v) is 3.30. The van der Waals surface area contributed by atoms with Crippen LogP contribution in [0, 0.1) is 17.6 Å². The highest BCUT2D eigenvalue weighted by atomic mass is 32.2. The maximum Gasteiger partial charge on any atom is 0.235 e. The van der Waals surface area contributed by atoms with Gasteiger partial charge in [-0.2, -0.15) is 0 Å². The first kappa shape index (κ1) is 19.9. The molecule has 1 N–H and O–H groups in total. The molecule has 9 heteroatoms. The number of halogens is 2. The summed E-state index contributed by atoms with van der Waals surface area (Å²) >= 11 is 1.16. The van der Waals surface area contributed by atoms with Gasteiger partial charge in [0.15, 0.2) is 11.0 Å². The van der Waals surface area contributed by atoms with Crippen LogP contribution in [0.25, 0.3) is 11.4 Å². The molecule has 1 amide bonds. The summed E-state index contributed by atoms with van der Waals surface area (Å²) < 4.78 is 29.3. The number of carbonyl (C=O) groups is 1. The minimum atomic E-state index is -0.819. The van der Waals surface area contributed by atoms with Crippen LogP contribution in [0.2, 0.25) is 0 Å². The van der Waals surface area contributed by atoms with Crippen molar-refractivity contribution in [3.8, 4) is 11.4 Å². The van der Waals surface area contributed by atoms with Gasteiger partial charge in [-0.25, -0.2) is 8.78 Å². The van der Waals surface area contributed by atoms with Crippen LogP contribution in [0.3, 0.4) is 0 Å². The highest BCUT2D eigenvalue weighted by Crippen LogP contribution is 2.25. The third-order valence-corrected chi connectivity index (χ3v) is 4.71. The molecule has 0 saturated carbocycles. The van der Waals surface area contributed by atoms with Crippen LogP contribution < -0.4 is 5.32 Å². The quantitative estimate of drug-likeness (QED) is 0.604. The molecule has 0 aliphatic rings. The van der Waals surface area contributed by atoms with Gasteiger partial charge in [0.2, 0.25) is 5.91 Å². The van der Waals surface area contributed by atoms with Gasteiger partial charge in [-0.1, -0.05) is 31.7 Å². The van der Waals surface area contributed by atoms with Crippen molar-refractivity contribution in [3.05, 3.63) is 54.4 Å². The second-order valence-electron chi connectivity index (χ2n) is 6.49. The third kappa shape index (κ3) is 4.72. The van der Waals surface area contributed by atoms with Crippen LogP contribution in [0.15, 0.2) is 47.9 Å². The number of aromatic nitrogens is 4. The molecular formula is C19H19F2N5OS. The van der Waals surface area contributed by atoms with E-state index in [9.17, 15) is 13.6 Å². The van der Waals surface area contributed by atoms with E-state index in [0.717, 1.165) is 29.5 Å². The minimum Gasteiger partial charge on any atom is -0.320 e. The zero-order valence-corrected chi connectivity index (χ0v) is 16.2. The van der Waals surface area contributed by atoms with Gasteiger partial charge in [0.05, 0.1) is 5.75 Å². The topological polar surface area (TPSA) is 72.7 Å². The molecule has 2 aromatic heterocycles. The van der Waals surface area contributed by atoms with Crippen LogP contribution >= 0.6 is 11.8 Å². The highest BCUT2D eigenvalue weighted by molar-refractivity contribution is 7.99. The van der Waals surface area contributed by atoms with Gasteiger partial charge in [0.1, 0.15) is 17.3 Å². The van der Waals surface area contributed by atoms with Crippen LogP contribution in [0.1, 0.15) is 13.8 Å². The summed E-state index contributed by atoms with van der Waals surface area (Å²) in [5.74, 6) is -1.25. The summed E-state index contributed by atoms with van der Waals surface area (Å²) in [6.07, 6.45) is 3.37. The summed E-state index contributed by atoms with van der Waals surface area (Å²) in [6, 6.07) is 7.11. The van der Waals surface area contributed by atoms with E-state index in [0.29, 0.717) is 23.4 Å². The van der Waals surface area contributed by atoms with E-state index >= 15 is 0 Å². The fraction of sp³-hybridized carbons (Fsp3) is 0.263. The normalized spacial score (nSPS) is 11.0. The van der Waals surface area contributed by atoms with Gasteiger partial charge in [-0.3, -0.25) is 9.78 Å². The predicted molar refractivity (Wildman–Crippen MR) is 104 cm³/mol. The first-order chi connectivity index (χ1) is 13.5. The first-order valence-corrected chi connectivity index (χ1v) is 9.64. The molecule has 3 aromatic rings. The first-order valence-electron chi connectivity index (χ1n) is 8.66. The number of thioether (sulfide) groups is 1. The lowest BCUT2D eigenvalue weighted by atomic mass is 10.2. The Bertz CT molecular complexity index is 942. The smallest absolute Gasteiger partial charge is 0.235 e. The number of nitrogens with one attached hydrogen (secondary N) is 1. The number of anilines is 1.